The van der Waals surface area contributed by atoms with Gasteiger partial charge < -0.3 is 10.6 Å². The fourth-order valence-electron chi connectivity index (χ4n) is 1.92. The highest BCUT2D eigenvalue weighted by atomic mass is 35.5. The number of carbonyl (C=O) groups excluding carboxylic acids is 1. The number of amides is 1. The van der Waals surface area contributed by atoms with E-state index in [2.05, 4.69) is 20.9 Å². The van der Waals surface area contributed by atoms with Crippen LogP contribution in [0.5, 0.6) is 0 Å². The molecule has 1 aromatic heterocycles. The summed E-state index contributed by atoms with van der Waals surface area (Å²) in [5, 5.41) is 14.2. The first-order valence-corrected chi connectivity index (χ1v) is 7.02. The fourth-order valence-corrected chi connectivity index (χ4v) is 1.92. The number of nitrogens with zero attached hydrogens (tertiary/aromatic N) is 3. The third-order valence-corrected chi connectivity index (χ3v) is 3.42. The van der Waals surface area contributed by atoms with E-state index in [-0.39, 0.29) is 30.8 Å². The summed E-state index contributed by atoms with van der Waals surface area (Å²) in [4.78, 5) is 11.9. The third-order valence-electron chi connectivity index (χ3n) is 3.42. The minimum absolute atomic E-state index is 0. The van der Waals surface area contributed by atoms with E-state index in [1.165, 1.54) is 0 Å². The molecule has 2 N–H and O–H groups in total. The van der Waals surface area contributed by atoms with Crippen LogP contribution in [-0.4, -0.2) is 40.5 Å². The van der Waals surface area contributed by atoms with Crippen molar-refractivity contribution in [3.05, 3.63) is 41.7 Å². The van der Waals surface area contributed by atoms with Gasteiger partial charge in [0.25, 0.3) is 0 Å². The zero-order chi connectivity index (χ0) is 15.2. The predicted octanol–water partition coefficient (Wildman–Crippen LogP) is 1.26. The Balaban J connectivity index is 0.00000242. The molecule has 0 aliphatic carbocycles. The number of para-hydroxylation sites is 1. The van der Waals surface area contributed by atoms with E-state index < -0.39 is 0 Å². The van der Waals surface area contributed by atoms with Crippen LogP contribution in [0.2, 0.25) is 0 Å². The average molecular weight is 324 g/mol. The number of rotatable bonds is 6. The Morgan fingerprint density at radius 3 is 2.64 bits per heavy atom. The molecule has 1 aromatic carbocycles. The summed E-state index contributed by atoms with van der Waals surface area (Å²) in [5.74, 6) is -0.0414. The lowest BCUT2D eigenvalue weighted by Crippen LogP contribution is -2.37. The average Bonchev–Trinajstić information content (AvgIpc) is 2.86. The highest BCUT2D eigenvalue weighted by Crippen LogP contribution is 2.11. The number of hydrogen-bond acceptors (Lipinski definition) is 4. The van der Waals surface area contributed by atoms with Gasteiger partial charge in [0.05, 0.1) is 23.5 Å². The van der Waals surface area contributed by atoms with Crippen molar-refractivity contribution in [2.45, 2.75) is 26.3 Å². The van der Waals surface area contributed by atoms with Crippen LogP contribution in [0, 0.1) is 6.92 Å². The molecule has 1 heterocycles. The Bertz CT molecular complexity index is 599. The van der Waals surface area contributed by atoms with Crippen LogP contribution in [0.15, 0.2) is 30.3 Å². The fraction of sp³-hybridized carbons (Fsp3) is 0.400. The van der Waals surface area contributed by atoms with E-state index in [0.717, 1.165) is 11.4 Å². The minimum atomic E-state index is -0.0414. The van der Waals surface area contributed by atoms with E-state index in [4.69, 9.17) is 0 Å². The number of carbonyl (C=O) groups is 1. The monoisotopic (exact) mass is 323 g/mol. The number of likely N-dealkylation sites (N-methyl/N-ethyl adjacent to an activating group) is 1. The summed E-state index contributed by atoms with van der Waals surface area (Å²) in [7, 11) is 1.87. The molecule has 1 amide bonds. The van der Waals surface area contributed by atoms with Crippen LogP contribution in [-0.2, 0) is 11.2 Å². The summed E-state index contributed by atoms with van der Waals surface area (Å²) in [6.45, 7) is 4.53. The molecule has 0 bridgehead atoms. The second-order valence-electron chi connectivity index (χ2n) is 5.04. The molecule has 2 aromatic rings. The zero-order valence-corrected chi connectivity index (χ0v) is 13.9. The van der Waals surface area contributed by atoms with E-state index in [0.29, 0.717) is 12.2 Å². The van der Waals surface area contributed by atoms with Gasteiger partial charge in [-0.25, -0.2) is 4.68 Å². The molecule has 6 nitrogen and oxygen atoms in total. The van der Waals surface area contributed by atoms with Gasteiger partial charge in [0.15, 0.2) is 0 Å². The van der Waals surface area contributed by atoms with Crippen molar-refractivity contribution >= 4 is 18.3 Å². The molecule has 1 atom stereocenters. The van der Waals surface area contributed by atoms with Crippen LogP contribution in [0.4, 0.5) is 0 Å². The van der Waals surface area contributed by atoms with Crippen LogP contribution in [0.3, 0.4) is 0 Å². The Hall–Kier alpha value is -1.92. The van der Waals surface area contributed by atoms with Crippen LogP contribution in [0.25, 0.3) is 5.69 Å². The molecular formula is C15H22ClN5O. The molecule has 0 spiro atoms. The largest absolute Gasteiger partial charge is 0.354 e. The van der Waals surface area contributed by atoms with Crippen molar-refractivity contribution in [2.24, 2.45) is 0 Å². The molecule has 0 saturated heterocycles. The standard InChI is InChI=1S/C15H21N5O.ClH/c1-11(16-3)10-17-15(21)9-14-12(2)20(19-18-14)13-7-5-4-6-8-13;/h4-8,11,16H,9-10H2,1-3H3,(H,17,21);1H. The number of hydrogen-bond donors (Lipinski definition) is 2. The molecule has 0 aliphatic rings. The highest BCUT2D eigenvalue weighted by Gasteiger charge is 2.13. The van der Waals surface area contributed by atoms with Gasteiger partial charge in [0.1, 0.15) is 0 Å². The smallest absolute Gasteiger partial charge is 0.226 e. The van der Waals surface area contributed by atoms with Crippen molar-refractivity contribution in [1.29, 1.82) is 0 Å². The van der Waals surface area contributed by atoms with Gasteiger partial charge in [-0.2, -0.15) is 0 Å². The van der Waals surface area contributed by atoms with Crippen LogP contribution < -0.4 is 10.6 Å². The third kappa shape index (κ3) is 4.54. The molecular weight excluding hydrogens is 302 g/mol. The van der Waals surface area contributed by atoms with Gasteiger partial charge >= 0.3 is 0 Å². The van der Waals surface area contributed by atoms with Crippen molar-refractivity contribution in [3.63, 3.8) is 0 Å². The highest BCUT2D eigenvalue weighted by molar-refractivity contribution is 5.85. The molecule has 0 fully saturated rings. The molecule has 0 saturated carbocycles. The number of halogens is 1. The summed E-state index contributed by atoms with van der Waals surface area (Å²) in [6.07, 6.45) is 0.245. The van der Waals surface area contributed by atoms with Crippen molar-refractivity contribution in [2.75, 3.05) is 13.6 Å². The second kappa shape index (κ2) is 8.51. The van der Waals surface area contributed by atoms with E-state index in [1.807, 2.05) is 51.2 Å². The molecule has 1 unspecified atom stereocenters. The molecule has 2 rings (SSSR count). The van der Waals surface area contributed by atoms with Crippen molar-refractivity contribution in [3.8, 4) is 5.69 Å². The van der Waals surface area contributed by atoms with Gasteiger partial charge in [-0.1, -0.05) is 23.4 Å². The van der Waals surface area contributed by atoms with Gasteiger partial charge in [-0.15, -0.1) is 17.5 Å². The van der Waals surface area contributed by atoms with Gasteiger partial charge in [-0.3, -0.25) is 4.79 Å². The van der Waals surface area contributed by atoms with Gasteiger partial charge in [0, 0.05) is 12.6 Å². The molecule has 7 heteroatoms. The van der Waals surface area contributed by atoms with E-state index >= 15 is 0 Å². The van der Waals surface area contributed by atoms with Gasteiger partial charge in [-0.05, 0) is 33.0 Å². The maximum Gasteiger partial charge on any atom is 0.226 e. The molecule has 0 aliphatic heterocycles. The van der Waals surface area contributed by atoms with E-state index in [1.54, 1.807) is 4.68 Å². The SMILES string of the molecule is CNC(C)CNC(=O)Cc1nnn(-c2ccccc2)c1C.Cl. The summed E-state index contributed by atoms with van der Waals surface area (Å²) >= 11 is 0. The van der Waals surface area contributed by atoms with Gasteiger partial charge in [0.2, 0.25) is 5.91 Å². The van der Waals surface area contributed by atoms with E-state index in [9.17, 15) is 4.79 Å². The van der Waals surface area contributed by atoms with Crippen LogP contribution in [0.1, 0.15) is 18.3 Å². The minimum Gasteiger partial charge on any atom is -0.354 e. The molecule has 22 heavy (non-hydrogen) atoms. The second-order valence-corrected chi connectivity index (χ2v) is 5.04. The summed E-state index contributed by atoms with van der Waals surface area (Å²) in [6, 6.07) is 10.0. The first kappa shape index (κ1) is 18.1. The maximum atomic E-state index is 11.9. The summed E-state index contributed by atoms with van der Waals surface area (Å²) < 4.78 is 1.75. The topological polar surface area (TPSA) is 71.8 Å². The number of nitrogens with one attached hydrogen (secondary N) is 2. The van der Waals surface area contributed by atoms with Crippen LogP contribution >= 0.6 is 12.4 Å². The Labute approximate surface area is 136 Å². The zero-order valence-electron chi connectivity index (χ0n) is 13.0. The van der Waals surface area contributed by atoms with Crippen molar-refractivity contribution < 1.29 is 4.79 Å². The first-order chi connectivity index (χ1) is 10.1. The lowest BCUT2D eigenvalue weighted by atomic mass is 10.2. The normalized spacial score (nSPS) is 11.6. The number of aromatic nitrogens is 3. The maximum absolute atomic E-state index is 11.9. The summed E-state index contributed by atoms with van der Waals surface area (Å²) in [5.41, 5.74) is 2.53. The Morgan fingerprint density at radius 1 is 1.32 bits per heavy atom. The molecule has 120 valence electrons. The lowest BCUT2D eigenvalue weighted by Gasteiger charge is -2.10. The Morgan fingerprint density at radius 2 is 2.00 bits per heavy atom. The Kier molecular flexibility index (Phi) is 7.01. The number of benzene rings is 1. The molecule has 0 radical (unpaired) electrons. The quantitative estimate of drug-likeness (QED) is 0.839. The first-order valence-electron chi connectivity index (χ1n) is 7.02. The van der Waals surface area contributed by atoms with Crippen molar-refractivity contribution in [1.82, 2.24) is 25.6 Å². The predicted molar refractivity (Wildman–Crippen MR) is 88.6 cm³/mol. The lowest BCUT2D eigenvalue weighted by molar-refractivity contribution is -0.120.